The Kier molecular flexibility index (Phi) is 8.68. The highest BCUT2D eigenvalue weighted by Gasteiger charge is 2.06. The van der Waals surface area contributed by atoms with E-state index < -0.39 is 0 Å². The summed E-state index contributed by atoms with van der Waals surface area (Å²) in [7, 11) is 0. The van der Waals surface area contributed by atoms with E-state index in [4.69, 9.17) is 18.9 Å². The Morgan fingerprint density at radius 1 is 0.618 bits per heavy atom. The molecule has 0 N–H and O–H groups in total. The molecule has 3 aromatic rings. The van der Waals surface area contributed by atoms with E-state index in [9.17, 15) is 9.59 Å². The number of ether oxygens (including phenoxy) is 4. The Labute approximate surface area is 199 Å². The lowest BCUT2D eigenvalue weighted by Gasteiger charge is -2.10. The van der Waals surface area contributed by atoms with Gasteiger partial charge in [-0.3, -0.25) is 0 Å². The molecule has 0 saturated heterocycles. The lowest BCUT2D eigenvalue weighted by atomic mass is 10.0. The fourth-order valence-electron chi connectivity index (χ4n) is 3.21. The second-order valence-corrected chi connectivity index (χ2v) is 8.11. The molecular formula is C28H30O6. The first-order chi connectivity index (χ1) is 16.3. The fourth-order valence-corrected chi connectivity index (χ4v) is 3.21. The molecule has 0 aliphatic heterocycles. The molecule has 34 heavy (non-hydrogen) atoms. The van der Waals surface area contributed by atoms with Crippen molar-refractivity contribution in [1.29, 1.82) is 0 Å². The molecular weight excluding hydrogens is 432 g/mol. The summed E-state index contributed by atoms with van der Waals surface area (Å²) in [6.45, 7) is 11.8. The summed E-state index contributed by atoms with van der Waals surface area (Å²) in [6.07, 6.45) is 1.20. The van der Waals surface area contributed by atoms with Gasteiger partial charge >= 0.3 is 11.9 Å². The lowest BCUT2D eigenvalue weighted by molar-refractivity contribution is -0.140. The number of hydrogen-bond donors (Lipinski definition) is 0. The molecule has 0 heterocycles. The van der Waals surface area contributed by atoms with E-state index in [-0.39, 0.29) is 11.9 Å². The van der Waals surface area contributed by atoms with E-state index in [1.165, 1.54) is 0 Å². The van der Waals surface area contributed by atoms with Crippen LogP contribution < -0.4 is 9.47 Å². The normalized spacial score (nSPS) is 10.6. The van der Waals surface area contributed by atoms with Crippen LogP contribution in [-0.2, 0) is 19.1 Å². The van der Waals surface area contributed by atoms with E-state index in [0.717, 1.165) is 33.0 Å². The van der Waals surface area contributed by atoms with Gasteiger partial charge in [0.2, 0.25) is 0 Å². The highest BCUT2D eigenvalue weighted by molar-refractivity contribution is 5.99. The molecule has 0 aliphatic rings. The van der Waals surface area contributed by atoms with Crippen molar-refractivity contribution >= 4 is 33.5 Å². The zero-order valence-corrected chi connectivity index (χ0v) is 19.7. The van der Waals surface area contributed by atoms with Crippen molar-refractivity contribution < 1.29 is 28.5 Å². The minimum Gasteiger partial charge on any atom is -0.493 e. The fraction of sp³-hybridized carbons (Fsp3) is 0.286. The maximum Gasteiger partial charge on any atom is 0.333 e. The Morgan fingerprint density at radius 3 is 1.44 bits per heavy atom. The molecule has 0 fully saturated rings. The predicted octanol–water partition coefficient (Wildman–Crippen LogP) is 5.77. The molecule has 0 bridgehead atoms. The van der Waals surface area contributed by atoms with Crippen LogP contribution in [0.2, 0.25) is 0 Å². The Hall–Kier alpha value is -3.80. The first-order valence-corrected chi connectivity index (χ1v) is 11.2. The number of carbonyl (C=O) groups excluding carboxylic acids is 2. The average molecular weight is 463 g/mol. The standard InChI is InChI=1S/C28H30O6/c1-19(2)27(29)33-13-5-11-31-25-9-7-21-15-22-8-10-26(18-24(22)16-23(21)17-25)32-12-6-14-34-28(30)20(3)4/h7-10,15-18H,1,3,5-6,11-14H2,2,4H3. The summed E-state index contributed by atoms with van der Waals surface area (Å²) >= 11 is 0. The number of hydrogen-bond acceptors (Lipinski definition) is 6. The van der Waals surface area contributed by atoms with Crippen LogP contribution in [0, 0.1) is 0 Å². The Balaban J connectivity index is 1.56. The van der Waals surface area contributed by atoms with Crippen LogP contribution in [0.3, 0.4) is 0 Å². The third-order valence-corrected chi connectivity index (χ3v) is 5.02. The third kappa shape index (κ3) is 7.10. The molecule has 3 rings (SSSR count). The topological polar surface area (TPSA) is 71.1 Å². The van der Waals surface area contributed by atoms with Gasteiger partial charge < -0.3 is 18.9 Å². The molecule has 0 radical (unpaired) electrons. The molecule has 0 unspecified atom stereocenters. The molecule has 3 aromatic carbocycles. The van der Waals surface area contributed by atoms with Crippen molar-refractivity contribution in [3.8, 4) is 11.5 Å². The third-order valence-electron chi connectivity index (χ3n) is 5.02. The van der Waals surface area contributed by atoms with Gasteiger partial charge in [-0.2, -0.15) is 0 Å². The lowest BCUT2D eigenvalue weighted by Crippen LogP contribution is -2.09. The summed E-state index contributed by atoms with van der Waals surface area (Å²) in [5.74, 6) is 0.754. The van der Waals surface area contributed by atoms with Crippen LogP contribution in [-0.4, -0.2) is 38.4 Å². The van der Waals surface area contributed by atoms with Crippen LogP contribution in [0.5, 0.6) is 11.5 Å². The van der Waals surface area contributed by atoms with E-state index >= 15 is 0 Å². The van der Waals surface area contributed by atoms with E-state index in [1.54, 1.807) is 13.8 Å². The number of fused-ring (bicyclic) bond motifs is 2. The second kappa shape index (κ2) is 11.9. The van der Waals surface area contributed by atoms with Gasteiger partial charge in [0.15, 0.2) is 0 Å². The van der Waals surface area contributed by atoms with E-state index in [2.05, 4.69) is 25.3 Å². The van der Waals surface area contributed by atoms with Gasteiger partial charge in [0.25, 0.3) is 0 Å². The first kappa shape index (κ1) is 24.8. The highest BCUT2D eigenvalue weighted by atomic mass is 16.5. The monoisotopic (exact) mass is 462 g/mol. The van der Waals surface area contributed by atoms with Crippen molar-refractivity contribution in [2.45, 2.75) is 26.7 Å². The van der Waals surface area contributed by atoms with Gasteiger partial charge in [-0.15, -0.1) is 0 Å². The van der Waals surface area contributed by atoms with Crippen molar-refractivity contribution in [3.05, 3.63) is 72.8 Å². The molecule has 0 atom stereocenters. The highest BCUT2D eigenvalue weighted by Crippen LogP contribution is 2.29. The Morgan fingerprint density at radius 2 is 1.03 bits per heavy atom. The van der Waals surface area contributed by atoms with Crippen molar-refractivity contribution in [2.75, 3.05) is 26.4 Å². The Bertz CT molecular complexity index is 1120. The van der Waals surface area contributed by atoms with Crippen LogP contribution in [0.15, 0.2) is 72.8 Å². The number of carbonyl (C=O) groups is 2. The quantitative estimate of drug-likeness (QED) is 0.147. The van der Waals surface area contributed by atoms with Gasteiger partial charge in [0.05, 0.1) is 26.4 Å². The maximum atomic E-state index is 11.4. The van der Waals surface area contributed by atoms with Crippen LogP contribution in [0.25, 0.3) is 21.5 Å². The SMILES string of the molecule is C=C(C)C(=O)OCCCOc1ccc2cc3ccc(OCCCOC(=O)C(=C)C)cc3cc2c1. The smallest absolute Gasteiger partial charge is 0.333 e. The second-order valence-electron chi connectivity index (χ2n) is 8.11. The minimum absolute atomic E-state index is 0.295. The summed E-state index contributed by atoms with van der Waals surface area (Å²) in [5.41, 5.74) is 0.778. The summed E-state index contributed by atoms with van der Waals surface area (Å²) in [5, 5.41) is 4.34. The summed E-state index contributed by atoms with van der Waals surface area (Å²) in [4.78, 5) is 22.8. The number of esters is 2. The van der Waals surface area contributed by atoms with E-state index in [0.29, 0.717) is 50.4 Å². The van der Waals surface area contributed by atoms with Gasteiger partial charge in [0.1, 0.15) is 11.5 Å². The maximum absolute atomic E-state index is 11.4. The predicted molar refractivity (Wildman–Crippen MR) is 133 cm³/mol. The molecule has 0 aliphatic carbocycles. The van der Waals surface area contributed by atoms with Crippen molar-refractivity contribution in [1.82, 2.24) is 0 Å². The summed E-state index contributed by atoms with van der Waals surface area (Å²) < 4.78 is 21.8. The molecule has 178 valence electrons. The first-order valence-electron chi connectivity index (χ1n) is 11.2. The zero-order chi connectivity index (χ0) is 24.5. The van der Waals surface area contributed by atoms with Crippen molar-refractivity contribution in [2.24, 2.45) is 0 Å². The van der Waals surface area contributed by atoms with Crippen LogP contribution in [0.1, 0.15) is 26.7 Å². The van der Waals surface area contributed by atoms with Gasteiger partial charge in [0, 0.05) is 24.0 Å². The van der Waals surface area contributed by atoms with Crippen LogP contribution >= 0.6 is 0 Å². The number of rotatable bonds is 12. The van der Waals surface area contributed by atoms with Gasteiger partial charge in [-0.05, 0) is 71.8 Å². The average Bonchev–Trinajstić information content (AvgIpc) is 2.81. The van der Waals surface area contributed by atoms with Gasteiger partial charge in [-0.25, -0.2) is 9.59 Å². The number of benzene rings is 3. The molecule has 0 spiro atoms. The summed E-state index contributed by atoms with van der Waals surface area (Å²) in [6, 6.07) is 16.2. The molecule has 6 heteroatoms. The largest absolute Gasteiger partial charge is 0.493 e. The van der Waals surface area contributed by atoms with Crippen molar-refractivity contribution in [3.63, 3.8) is 0 Å². The molecule has 6 nitrogen and oxygen atoms in total. The zero-order valence-electron chi connectivity index (χ0n) is 19.7. The molecule has 0 aromatic heterocycles. The van der Waals surface area contributed by atoms with Crippen LogP contribution in [0.4, 0.5) is 0 Å². The minimum atomic E-state index is -0.382. The van der Waals surface area contributed by atoms with E-state index in [1.807, 2.05) is 36.4 Å². The molecule has 0 amide bonds. The van der Waals surface area contributed by atoms with Gasteiger partial charge in [-0.1, -0.05) is 25.3 Å². The molecule has 0 saturated carbocycles.